The van der Waals surface area contributed by atoms with E-state index in [0.29, 0.717) is 16.0 Å². The first-order valence-corrected chi connectivity index (χ1v) is 12.6. The third-order valence-electron chi connectivity index (χ3n) is 6.02. The quantitative estimate of drug-likeness (QED) is 0.142. The van der Waals surface area contributed by atoms with Crippen LogP contribution in [0.4, 0.5) is 5.82 Å². The van der Waals surface area contributed by atoms with Crippen molar-refractivity contribution in [3.05, 3.63) is 113 Å². The summed E-state index contributed by atoms with van der Waals surface area (Å²) in [5.41, 5.74) is 5.70. The predicted octanol–water partition coefficient (Wildman–Crippen LogP) is 4.94. The molecule has 0 spiro atoms. The highest BCUT2D eigenvalue weighted by molar-refractivity contribution is 6.58. The summed E-state index contributed by atoms with van der Waals surface area (Å²) in [6.07, 6.45) is 9.92. The number of nitrogens with one attached hydrogen (secondary N) is 2. The largest absolute Gasteiger partial charge is 0.488 e. The smallest absolute Gasteiger partial charge is 0.423 e. The summed E-state index contributed by atoms with van der Waals surface area (Å²) in [6, 6.07) is 19.6. The van der Waals surface area contributed by atoms with Gasteiger partial charge in [-0.3, -0.25) is 9.59 Å². The predicted molar refractivity (Wildman–Crippen MR) is 158 cm³/mol. The van der Waals surface area contributed by atoms with E-state index in [0.717, 1.165) is 39.1 Å². The Morgan fingerprint density at radius 3 is 2.08 bits per heavy atom. The van der Waals surface area contributed by atoms with Gasteiger partial charge in [-0.15, -0.1) is 0 Å². The Labute approximate surface area is 236 Å². The van der Waals surface area contributed by atoms with Gasteiger partial charge in [0.2, 0.25) is 0 Å². The maximum absolute atomic E-state index is 11.2. The number of carbonyl (C=O) groups is 2. The highest BCUT2D eigenvalue weighted by Crippen LogP contribution is 2.27. The number of hydrogen-bond acceptors (Lipinski definition) is 7. The molecular formula is C30H25BClN4O4+. The van der Waals surface area contributed by atoms with Gasteiger partial charge in [0.15, 0.2) is 17.1 Å². The number of Topliss-reactive ketones (excluding diaryl/α,β-unsaturated/α-hetero) is 2. The van der Waals surface area contributed by atoms with Gasteiger partial charge in [-0.25, -0.2) is 4.98 Å². The topological polar surface area (TPSA) is 128 Å². The number of pyridine rings is 2. The van der Waals surface area contributed by atoms with E-state index >= 15 is 0 Å². The Bertz CT molecular complexity index is 1670. The highest BCUT2D eigenvalue weighted by Gasteiger charge is 2.20. The fourth-order valence-corrected chi connectivity index (χ4v) is 4.05. The monoisotopic (exact) mass is 551 g/mol. The number of aromatic nitrogens is 3. The number of carbonyl (C=O) groups excluding carboxylic acids is 2. The zero-order valence-corrected chi connectivity index (χ0v) is 22.5. The molecule has 5 aromatic rings. The van der Waals surface area contributed by atoms with Crippen molar-refractivity contribution in [2.45, 2.75) is 13.8 Å². The maximum atomic E-state index is 11.2. The summed E-state index contributed by atoms with van der Waals surface area (Å²) in [5.74, 6) is 0.838. The molecule has 10 heteroatoms. The number of ketones is 2. The number of aromatic amines is 1. The molecule has 0 amide bonds. The Balaban J connectivity index is 0.000000147. The lowest BCUT2D eigenvalue weighted by Crippen LogP contribution is -2.29. The highest BCUT2D eigenvalue weighted by atomic mass is 35.5. The third kappa shape index (κ3) is 6.85. The van der Waals surface area contributed by atoms with Gasteiger partial charge in [0.05, 0.1) is 0 Å². The number of H-pyrrole nitrogens is 1. The Morgan fingerprint density at radius 1 is 0.850 bits per heavy atom. The van der Waals surface area contributed by atoms with Crippen LogP contribution in [-0.4, -0.2) is 43.7 Å². The average Bonchev–Trinajstić information content (AvgIpc) is 3.64. The molecule has 1 aliphatic rings. The van der Waals surface area contributed by atoms with E-state index in [-0.39, 0.29) is 11.6 Å². The van der Waals surface area contributed by atoms with Crippen LogP contribution < -0.4 is 10.8 Å². The van der Waals surface area contributed by atoms with Gasteiger partial charge in [-0.05, 0) is 48.6 Å². The van der Waals surface area contributed by atoms with Crippen molar-refractivity contribution in [1.29, 1.82) is 0 Å². The van der Waals surface area contributed by atoms with Crippen LogP contribution in [0.3, 0.4) is 0 Å². The summed E-state index contributed by atoms with van der Waals surface area (Å²) in [5, 5.41) is 22.1. The van der Waals surface area contributed by atoms with E-state index in [9.17, 15) is 9.59 Å². The van der Waals surface area contributed by atoms with Gasteiger partial charge in [0.1, 0.15) is 22.9 Å². The number of rotatable bonds is 4. The molecule has 0 aliphatic carbocycles. The molecule has 0 radical (unpaired) electrons. The molecule has 0 fully saturated rings. The van der Waals surface area contributed by atoms with E-state index in [1.807, 2.05) is 42.6 Å². The normalized spacial score (nSPS) is 10.7. The zero-order valence-electron chi connectivity index (χ0n) is 21.7. The molecule has 40 heavy (non-hydrogen) atoms. The lowest BCUT2D eigenvalue weighted by Gasteiger charge is -2.04. The summed E-state index contributed by atoms with van der Waals surface area (Å²) in [6.45, 7) is 3.04. The van der Waals surface area contributed by atoms with E-state index < -0.39 is 7.12 Å². The van der Waals surface area contributed by atoms with Crippen LogP contribution in [0.25, 0.3) is 28.2 Å². The molecule has 8 nitrogen and oxygen atoms in total. The van der Waals surface area contributed by atoms with Gasteiger partial charge in [0.25, 0.3) is 5.82 Å². The van der Waals surface area contributed by atoms with E-state index in [2.05, 4.69) is 26.5 Å². The van der Waals surface area contributed by atoms with Gasteiger partial charge in [-0.2, -0.15) is 10.3 Å². The summed E-state index contributed by atoms with van der Waals surface area (Å²) >= 11 is 5.82. The molecule has 4 heterocycles. The van der Waals surface area contributed by atoms with Crippen LogP contribution >= 0.6 is 11.6 Å². The first-order chi connectivity index (χ1) is 19.2. The van der Waals surface area contributed by atoms with E-state index in [4.69, 9.17) is 21.6 Å². The summed E-state index contributed by atoms with van der Waals surface area (Å²) < 4.78 is 0. The number of fused-ring (bicyclic) bond motifs is 2. The van der Waals surface area contributed by atoms with Crippen LogP contribution in [0.1, 0.15) is 40.1 Å². The van der Waals surface area contributed by atoms with Gasteiger partial charge >= 0.3 is 7.12 Å². The first kappa shape index (κ1) is 28.4. The molecule has 6 rings (SSSR count). The van der Waals surface area contributed by atoms with Crippen molar-refractivity contribution >= 4 is 58.7 Å². The lowest BCUT2D eigenvalue weighted by atomic mass is 9.80. The minimum Gasteiger partial charge on any atom is -0.423 e. The molecule has 4 N–H and O–H groups in total. The molecule has 2 aromatic carbocycles. The molecular weight excluding hydrogens is 527 g/mol. The SMILES string of the molecule is CC(=O)c1ccc(-c2ccnc3[nH]ccc23)cc1.CC(=O)c1ccc(B(O)O)cc1.Clc1ccnc2c1C=[C+]N2. The molecule has 0 saturated heterocycles. The minimum atomic E-state index is -1.47. The van der Waals surface area contributed by atoms with Crippen LogP contribution in [0.15, 0.2) is 85.3 Å². The number of halogens is 1. The van der Waals surface area contributed by atoms with Crippen molar-refractivity contribution in [3.63, 3.8) is 0 Å². The second-order valence-electron chi connectivity index (χ2n) is 8.75. The summed E-state index contributed by atoms with van der Waals surface area (Å²) in [4.78, 5) is 33.4. The Hall–Kier alpha value is -4.66. The fraction of sp³-hybridized carbons (Fsp3) is 0.0667. The maximum Gasteiger partial charge on any atom is 0.488 e. The summed E-state index contributed by atoms with van der Waals surface area (Å²) in [7, 11) is -1.47. The van der Waals surface area contributed by atoms with Crippen molar-refractivity contribution in [2.24, 2.45) is 0 Å². The van der Waals surface area contributed by atoms with E-state index in [1.54, 1.807) is 43.6 Å². The molecule has 0 atom stereocenters. The van der Waals surface area contributed by atoms with Gasteiger partial charge in [0, 0.05) is 35.1 Å². The third-order valence-corrected chi connectivity index (χ3v) is 6.35. The van der Waals surface area contributed by atoms with Crippen LogP contribution in [0.2, 0.25) is 5.02 Å². The van der Waals surface area contributed by atoms with Crippen molar-refractivity contribution < 1.29 is 19.6 Å². The average molecular weight is 552 g/mol. The molecule has 1 aliphatic heterocycles. The van der Waals surface area contributed by atoms with Crippen molar-refractivity contribution in [3.8, 4) is 11.1 Å². The van der Waals surface area contributed by atoms with Crippen LogP contribution in [-0.2, 0) is 0 Å². The molecule has 0 bridgehead atoms. The lowest BCUT2D eigenvalue weighted by molar-refractivity contribution is 0.100. The molecule has 198 valence electrons. The number of anilines is 1. The Kier molecular flexibility index (Phi) is 9.17. The fourth-order valence-electron chi connectivity index (χ4n) is 3.85. The Morgan fingerprint density at radius 2 is 1.48 bits per heavy atom. The van der Waals surface area contributed by atoms with Crippen molar-refractivity contribution in [1.82, 2.24) is 15.0 Å². The van der Waals surface area contributed by atoms with Crippen LogP contribution in [0.5, 0.6) is 0 Å². The van der Waals surface area contributed by atoms with Gasteiger partial charge in [-0.1, -0.05) is 60.1 Å². The molecule has 0 saturated carbocycles. The number of nitrogens with zero attached hydrogens (tertiary/aromatic N) is 2. The zero-order chi connectivity index (χ0) is 28.6. The van der Waals surface area contributed by atoms with Gasteiger partial charge < -0.3 is 15.0 Å². The second-order valence-corrected chi connectivity index (χ2v) is 9.16. The number of benzene rings is 2. The van der Waals surface area contributed by atoms with Crippen LogP contribution in [0, 0.1) is 6.20 Å². The molecule has 3 aromatic heterocycles. The second kappa shape index (κ2) is 12.9. The number of hydrogen-bond donors (Lipinski definition) is 4. The molecule has 0 unspecified atom stereocenters. The van der Waals surface area contributed by atoms with Crippen molar-refractivity contribution in [2.75, 3.05) is 5.32 Å². The first-order valence-electron chi connectivity index (χ1n) is 12.2. The standard InChI is InChI=1S/C15H12N2O.C8H9BO3.C7H4ClN2/c1-10(18)11-2-4-12(5-3-11)13-6-8-16-15-14(13)7-9-17-15;1-6(10)7-2-4-8(5-3-7)9(11)12;8-6-2-4-10-7-5(6)1-3-9-7/h2-9H,1H3,(H,16,17);2-5,11-12H,1H3;1-2,4H,(H,9,10)/q;;+1. The minimum absolute atomic E-state index is 0.0334. The van der Waals surface area contributed by atoms with E-state index in [1.165, 1.54) is 19.1 Å².